The smallest absolute Gasteiger partial charge is 0.0937 e. The highest BCUT2D eigenvalue weighted by Gasteiger charge is 2.49. The van der Waals surface area contributed by atoms with Crippen molar-refractivity contribution in [1.29, 1.82) is 0 Å². The zero-order valence-electron chi connectivity index (χ0n) is 8.87. The van der Waals surface area contributed by atoms with Crippen LogP contribution in [0.3, 0.4) is 0 Å². The van der Waals surface area contributed by atoms with Crippen molar-refractivity contribution >= 4 is 0 Å². The van der Waals surface area contributed by atoms with E-state index in [4.69, 9.17) is 9.47 Å². The lowest BCUT2D eigenvalue weighted by Crippen LogP contribution is -2.46. The number of rotatable bonds is 4. The first-order valence-electron chi connectivity index (χ1n) is 5.56. The van der Waals surface area contributed by atoms with Crippen LogP contribution >= 0.6 is 0 Å². The van der Waals surface area contributed by atoms with Crippen LogP contribution < -0.4 is 0 Å². The van der Waals surface area contributed by atoms with Gasteiger partial charge in [-0.05, 0) is 37.5 Å². The Morgan fingerprint density at radius 2 is 1.79 bits per heavy atom. The van der Waals surface area contributed by atoms with Crippen molar-refractivity contribution in [3.63, 3.8) is 0 Å². The van der Waals surface area contributed by atoms with E-state index in [1.807, 2.05) is 0 Å². The molecular weight excluding hydrogens is 180 g/mol. The van der Waals surface area contributed by atoms with Crippen LogP contribution in [0.25, 0.3) is 0 Å². The molecule has 0 bridgehead atoms. The molecule has 1 heterocycles. The molecule has 2 aliphatic rings. The lowest BCUT2D eigenvalue weighted by molar-refractivity contribution is -0.116. The first-order valence-corrected chi connectivity index (χ1v) is 5.56. The van der Waals surface area contributed by atoms with Crippen molar-refractivity contribution in [3.05, 3.63) is 0 Å². The molecule has 0 aromatic rings. The molecule has 0 aromatic heterocycles. The van der Waals surface area contributed by atoms with Gasteiger partial charge in [0.15, 0.2) is 0 Å². The van der Waals surface area contributed by atoms with Crippen molar-refractivity contribution in [2.24, 2.45) is 11.8 Å². The van der Waals surface area contributed by atoms with E-state index in [1.165, 1.54) is 0 Å². The Morgan fingerprint density at radius 3 is 2.29 bits per heavy atom. The molecule has 14 heavy (non-hydrogen) atoms. The fourth-order valence-corrected chi connectivity index (χ4v) is 2.58. The van der Waals surface area contributed by atoms with Gasteiger partial charge in [-0.15, -0.1) is 0 Å². The summed E-state index contributed by atoms with van der Waals surface area (Å²) in [5, 5.41) is 10.6. The zero-order valence-corrected chi connectivity index (χ0v) is 8.87. The van der Waals surface area contributed by atoms with Gasteiger partial charge in [-0.25, -0.2) is 0 Å². The van der Waals surface area contributed by atoms with Crippen molar-refractivity contribution in [1.82, 2.24) is 0 Å². The van der Waals surface area contributed by atoms with Crippen LogP contribution in [-0.2, 0) is 9.47 Å². The molecule has 2 rings (SSSR count). The number of methoxy groups -OCH3 is 1. The van der Waals surface area contributed by atoms with Crippen LogP contribution in [0.2, 0.25) is 0 Å². The first-order chi connectivity index (χ1) is 6.77. The Bertz CT molecular complexity index is 185. The molecule has 3 heteroatoms. The van der Waals surface area contributed by atoms with Crippen molar-refractivity contribution < 1.29 is 14.6 Å². The van der Waals surface area contributed by atoms with Crippen LogP contribution in [-0.4, -0.2) is 37.6 Å². The minimum Gasteiger partial charge on any atom is -0.387 e. The molecule has 1 saturated carbocycles. The van der Waals surface area contributed by atoms with Crippen LogP contribution in [0.1, 0.15) is 25.7 Å². The van der Waals surface area contributed by atoms with Gasteiger partial charge in [0.1, 0.15) is 0 Å². The highest BCUT2D eigenvalue weighted by molar-refractivity contribution is 4.99. The van der Waals surface area contributed by atoms with E-state index in [0.717, 1.165) is 38.9 Å². The van der Waals surface area contributed by atoms with Crippen LogP contribution in [0.5, 0.6) is 0 Å². The molecule has 2 fully saturated rings. The van der Waals surface area contributed by atoms with Crippen LogP contribution in [0, 0.1) is 11.8 Å². The summed E-state index contributed by atoms with van der Waals surface area (Å²) in [6.45, 7) is 2.08. The monoisotopic (exact) mass is 200 g/mol. The maximum Gasteiger partial charge on any atom is 0.0937 e. The normalized spacial score (nSPS) is 28.7. The molecule has 1 aliphatic heterocycles. The van der Waals surface area contributed by atoms with E-state index in [2.05, 4.69) is 0 Å². The summed E-state index contributed by atoms with van der Waals surface area (Å²) in [5.41, 5.74) is -0.571. The van der Waals surface area contributed by atoms with E-state index < -0.39 is 5.60 Å². The van der Waals surface area contributed by atoms with Crippen molar-refractivity contribution in [2.45, 2.75) is 31.3 Å². The number of hydrogen-bond acceptors (Lipinski definition) is 3. The van der Waals surface area contributed by atoms with Gasteiger partial charge >= 0.3 is 0 Å². The van der Waals surface area contributed by atoms with Crippen molar-refractivity contribution in [3.8, 4) is 0 Å². The molecule has 3 nitrogen and oxygen atoms in total. The Hall–Kier alpha value is -0.120. The number of hydrogen-bond donors (Lipinski definition) is 1. The number of ether oxygens (including phenoxy) is 2. The number of aliphatic hydroxyl groups is 1. The lowest BCUT2D eigenvalue weighted by atomic mass is 9.79. The van der Waals surface area contributed by atoms with Gasteiger partial charge in [-0.1, -0.05) is 0 Å². The lowest BCUT2D eigenvalue weighted by Gasteiger charge is -2.38. The van der Waals surface area contributed by atoms with E-state index in [-0.39, 0.29) is 0 Å². The van der Waals surface area contributed by atoms with Crippen molar-refractivity contribution in [2.75, 3.05) is 26.9 Å². The Balaban J connectivity index is 2.00. The van der Waals surface area contributed by atoms with Crippen LogP contribution in [0.4, 0.5) is 0 Å². The van der Waals surface area contributed by atoms with E-state index in [1.54, 1.807) is 7.11 Å². The summed E-state index contributed by atoms with van der Waals surface area (Å²) in [7, 11) is 1.67. The predicted octanol–water partition coefficient (Wildman–Crippen LogP) is 1.20. The molecule has 0 spiro atoms. The van der Waals surface area contributed by atoms with Gasteiger partial charge in [0.25, 0.3) is 0 Å². The molecule has 1 N–H and O–H groups in total. The molecule has 0 amide bonds. The summed E-state index contributed by atoms with van der Waals surface area (Å²) < 4.78 is 10.5. The van der Waals surface area contributed by atoms with E-state index in [9.17, 15) is 5.11 Å². The highest BCUT2D eigenvalue weighted by atomic mass is 16.5. The molecule has 1 saturated heterocycles. The predicted molar refractivity (Wildman–Crippen MR) is 53.1 cm³/mol. The molecule has 1 atom stereocenters. The van der Waals surface area contributed by atoms with Gasteiger partial charge in [0, 0.05) is 20.3 Å². The molecule has 0 radical (unpaired) electrons. The summed E-state index contributed by atoms with van der Waals surface area (Å²) in [4.78, 5) is 0. The minimum atomic E-state index is -0.571. The molecule has 1 unspecified atom stereocenters. The molecule has 1 aliphatic carbocycles. The maximum atomic E-state index is 10.6. The molecule has 0 aromatic carbocycles. The second kappa shape index (κ2) is 4.17. The third kappa shape index (κ3) is 1.95. The van der Waals surface area contributed by atoms with Crippen LogP contribution in [0.15, 0.2) is 0 Å². The summed E-state index contributed by atoms with van der Waals surface area (Å²) >= 11 is 0. The molecule has 82 valence electrons. The zero-order chi connectivity index (χ0) is 10.0. The Labute approximate surface area is 85.4 Å². The third-order valence-electron chi connectivity index (χ3n) is 3.59. The summed E-state index contributed by atoms with van der Waals surface area (Å²) in [5.74, 6) is 0.856. The van der Waals surface area contributed by atoms with E-state index in [0.29, 0.717) is 18.4 Å². The van der Waals surface area contributed by atoms with Gasteiger partial charge in [-0.3, -0.25) is 0 Å². The Morgan fingerprint density at radius 1 is 1.21 bits per heavy atom. The standard InChI is InChI=1S/C11H20O3/c1-13-8-11(12,9-2-3-9)10-4-6-14-7-5-10/h9-10,12H,2-8H2,1H3. The Kier molecular flexibility index (Phi) is 3.10. The average molecular weight is 200 g/mol. The minimum absolute atomic E-state index is 0.378. The fraction of sp³-hybridized carbons (Fsp3) is 1.00. The SMILES string of the molecule is COCC(O)(C1CCOCC1)C1CC1. The summed E-state index contributed by atoms with van der Waals surface area (Å²) in [6.07, 6.45) is 4.29. The summed E-state index contributed by atoms with van der Waals surface area (Å²) in [6, 6.07) is 0. The fourth-order valence-electron chi connectivity index (χ4n) is 2.58. The second-order valence-corrected chi connectivity index (χ2v) is 4.59. The average Bonchev–Trinajstić information content (AvgIpc) is 3.03. The molecular formula is C11H20O3. The largest absolute Gasteiger partial charge is 0.387 e. The maximum absolute atomic E-state index is 10.6. The third-order valence-corrected chi connectivity index (χ3v) is 3.59. The quantitative estimate of drug-likeness (QED) is 0.741. The topological polar surface area (TPSA) is 38.7 Å². The second-order valence-electron chi connectivity index (χ2n) is 4.59. The van der Waals surface area contributed by atoms with Gasteiger partial charge in [-0.2, -0.15) is 0 Å². The van der Waals surface area contributed by atoms with Gasteiger partial charge in [0.2, 0.25) is 0 Å². The first kappa shape index (κ1) is 10.4. The van der Waals surface area contributed by atoms with E-state index >= 15 is 0 Å². The van der Waals surface area contributed by atoms with Gasteiger partial charge in [0.05, 0.1) is 12.2 Å². The van der Waals surface area contributed by atoms with Gasteiger partial charge < -0.3 is 14.6 Å². The highest BCUT2D eigenvalue weighted by Crippen LogP contribution is 2.46.